The monoisotopic (exact) mass is 1150 g/mol. The maximum absolute atomic E-state index is 3.22. The second-order valence-corrected chi connectivity index (χ2v) is 30.7. The highest BCUT2D eigenvalue weighted by Crippen LogP contribution is 2.43. The molecule has 2 heterocycles. The summed E-state index contributed by atoms with van der Waals surface area (Å²) in [4.78, 5) is 0. The first-order valence-electron chi connectivity index (χ1n) is 30.5. The topological polar surface area (TPSA) is 9.86 Å². The summed E-state index contributed by atoms with van der Waals surface area (Å²) in [7, 11) is -6.23. The molecule has 16 rings (SSSR count). The standard InChI is InChI=1S/C84H60N2Si2/c1-9-30-61(31-10-1)64-36-29-47-71(56-64)88(69-43-21-7-22-44-69,70-45-23-8-24-46-70)73-59-76(62-32-11-2-12-33-62)84(77(60-73)63-34-13-3-14-35-63)86-82-54-52-65(85-80-50-27-25-48-74(80)75-49-26-28-51-81(75)85)57-78(82)79-58-72(53-55-83(79)86)87(66-37-15-4-16-38-66,67-39-17-5-18-40-67)68-41-19-6-20-42-68/h1-60H. The van der Waals surface area contributed by atoms with E-state index in [0.29, 0.717) is 0 Å². The van der Waals surface area contributed by atoms with Crippen LogP contribution in [0, 0.1) is 0 Å². The van der Waals surface area contributed by atoms with Crippen molar-refractivity contribution in [3.05, 3.63) is 364 Å². The van der Waals surface area contributed by atoms with Crippen LogP contribution in [0.25, 0.3) is 88.4 Å². The summed E-state index contributed by atoms with van der Waals surface area (Å²) in [6.45, 7) is 0. The van der Waals surface area contributed by atoms with Gasteiger partial charge in [-0.25, -0.2) is 0 Å². The van der Waals surface area contributed by atoms with Crippen molar-refractivity contribution < 1.29 is 0 Å². The molecule has 0 saturated carbocycles. The molecule has 0 bridgehead atoms. The van der Waals surface area contributed by atoms with Gasteiger partial charge in [-0.3, -0.25) is 0 Å². The summed E-state index contributed by atoms with van der Waals surface area (Å²) in [5, 5.41) is 15.5. The zero-order valence-electron chi connectivity index (χ0n) is 48.5. The molecule has 0 fully saturated rings. The molecule has 16 aromatic rings. The first kappa shape index (κ1) is 52.7. The number of rotatable bonds is 13. The average molecular weight is 1150 g/mol. The van der Waals surface area contributed by atoms with Gasteiger partial charge in [0.1, 0.15) is 0 Å². The van der Waals surface area contributed by atoms with Crippen LogP contribution in [-0.2, 0) is 0 Å². The number of nitrogens with zero attached hydrogens (tertiary/aromatic N) is 2. The molecule has 0 atom stereocenters. The van der Waals surface area contributed by atoms with Gasteiger partial charge >= 0.3 is 0 Å². The summed E-state index contributed by atoms with van der Waals surface area (Å²) >= 11 is 0. The Hall–Kier alpha value is -10.9. The fourth-order valence-electron chi connectivity index (χ4n) is 14.6. The highest BCUT2D eigenvalue weighted by molar-refractivity contribution is 7.20. The molecule has 2 nitrogen and oxygen atoms in total. The smallest absolute Gasteiger partial charge is 0.179 e. The van der Waals surface area contributed by atoms with Crippen molar-refractivity contribution in [1.82, 2.24) is 9.13 Å². The number of benzene rings is 14. The van der Waals surface area contributed by atoms with E-state index in [1.165, 1.54) is 85.2 Å². The summed E-state index contributed by atoms with van der Waals surface area (Å²) < 4.78 is 5.09. The molecule has 14 aromatic carbocycles. The van der Waals surface area contributed by atoms with Crippen LogP contribution in [0.1, 0.15) is 0 Å². The SMILES string of the molecule is c1ccc(-c2cccc([Si](c3ccccc3)(c3ccccc3)c3cc(-c4ccccc4)c(-n4c5ccc(-n6c7ccccc7c7ccccc76)cc5c5cc([Si](c6ccccc6)(c6ccccc6)c6ccccc6)ccc54)c(-c4ccccc4)c3)c2)cc1. The van der Waals surface area contributed by atoms with E-state index in [2.05, 4.69) is 373 Å². The highest BCUT2D eigenvalue weighted by atomic mass is 28.3. The number of hydrogen-bond donors (Lipinski definition) is 0. The predicted molar refractivity (Wildman–Crippen MR) is 379 cm³/mol. The Bertz CT molecular complexity index is 4910. The largest absolute Gasteiger partial charge is 0.309 e. The Morgan fingerprint density at radius 2 is 0.511 bits per heavy atom. The second-order valence-electron chi connectivity index (χ2n) is 23.1. The van der Waals surface area contributed by atoms with Gasteiger partial charge in [0, 0.05) is 38.4 Å². The molecule has 0 spiro atoms. The van der Waals surface area contributed by atoms with E-state index in [1.54, 1.807) is 0 Å². The van der Waals surface area contributed by atoms with Crippen LogP contribution in [-0.4, -0.2) is 25.3 Å². The van der Waals surface area contributed by atoms with Gasteiger partial charge < -0.3 is 9.13 Å². The van der Waals surface area contributed by atoms with Crippen LogP contribution < -0.4 is 41.5 Å². The van der Waals surface area contributed by atoms with Crippen LogP contribution in [0.15, 0.2) is 364 Å². The maximum atomic E-state index is 2.62. The summed E-state index contributed by atoms with van der Waals surface area (Å²) in [6, 6.07) is 137. The van der Waals surface area contributed by atoms with Crippen molar-refractivity contribution in [3.8, 4) is 44.8 Å². The van der Waals surface area contributed by atoms with E-state index in [1.807, 2.05) is 0 Å². The van der Waals surface area contributed by atoms with Crippen LogP contribution in [0.3, 0.4) is 0 Å². The van der Waals surface area contributed by atoms with Gasteiger partial charge in [-0.05, 0) is 100 Å². The van der Waals surface area contributed by atoms with Gasteiger partial charge in [-0.2, -0.15) is 0 Å². The molecule has 0 radical (unpaired) electrons. The van der Waals surface area contributed by atoms with E-state index in [-0.39, 0.29) is 0 Å². The minimum Gasteiger partial charge on any atom is -0.309 e. The molecule has 4 heteroatoms. The van der Waals surface area contributed by atoms with Crippen molar-refractivity contribution in [2.75, 3.05) is 0 Å². The molecule has 88 heavy (non-hydrogen) atoms. The molecular weight excluding hydrogens is 1090 g/mol. The van der Waals surface area contributed by atoms with Gasteiger partial charge in [-0.15, -0.1) is 0 Å². The van der Waals surface area contributed by atoms with Crippen LogP contribution in [0.2, 0.25) is 0 Å². The molecule has 0 unspecified atom stereocenters. The van der Waals surface area contributed by atoms with Crippen LogP contribution >= 0.6 is 0 Å². The lowest BCUT2D eigenvalue weighted by atomic mass is 9.95. The molecule has 0 aliphatic heterocycles. The molecule has 414 valence electrons. The fraction of sp³-hybridized carbons (Fsp3) is 0. The number of hydrogen-bond acceptors (Lipinski definition) is 0. The summed E-state index contributed by atoms with van der Waals surface area (Å²) in [6.07, 6.45) is 0. The zero-order chi connectivity index (χ0) is 58.4. The van der Waals surface area contributed by atoms with Gasteiger partial charge in [0.2, 0.25) is 0 Å². The first-order chi connectivity index (χ1) is 43.7. The third-order valence-electron chi connectivity index (χ3n) is 18.4. The molecule has 2 aromatic heterocycles. The number of para-hydroxylation sites is 2. The van der Waals surface area contributed by atoms with Gasteiger partial charge in [0.15, 0.2) is 16.1 Å². The Balaban J connectivity index is 1.06. The Morgan fingerprint density at radius 3 is 0.966 bits per heavy atom. The molecule has 0 N–H and O–H groups in total. The highest BCUT2D eigenvalue weighted by Gasteiger charge is 2.44. The number of aromatic nitrogens is 2. The minimum absolute atomic E-state index is 1.12. The molecular formula is C84H60N2Si2. The third kappa shape index (κ3) is 8.59. The van der Waals surface area contributed by atoms with E-state index < -0.39 is 16.1 Å². The molecule has 0 amide bonds. The first-order valence-corrected chi connectivity index (χ1v) is 34.5. The average Bonchev–Trinajstić information content (AvgIpc) is 1.29. The van der Waals surface area contributed by atoms with Crippen LogP contribution in [0.5, 0.6) is 0 Å². The third-order valence-corrected chi connectivity index (χ3v) is 27.9. The lowest BCUT2D eigenvalue weighted by Crippen LogP contribution is -2.74. The Morgan fingerprint density at radius 1 is 0.182 bits per heavy atom. The van der Waals surface area contributed by atoms with Crippen LogP contribution in [0.4, 0.5) is 0 Å². The summed E-state index contributed by atoms with van der Waals surface area (Å²) in [5.74, 6) is 0. The molecule has 0 saturated heterocycles. The lowest BCUT2D eigenvalue weighted by molar-refractivity contribution is 1.17. The number of fused-ring (bicyclic) bond motifs is 6. The van der Waals surface area contributed by atoms with Crippen molar-refractivity contribution >= 4 is 101 Å². The Kier molecular flexibility index (Phi) is 13.3. The van der Waals surface area contributed by atoms with E-state index in [4.69, 9.17) is 0 Å². The van der Waals surface area contributed by atoms with E-state index in [9.17, 15) is 0 Å². The van der Waals surface area contributed by atoms with Gasteiger partial charge in [-0.1, -0.05) is 328 Å². The molecule has 0 aliphatic carbocycles. The van der Waals surface area contributed by atoms with E-state index >= 15 is 0 Å². The lowest BCUT2D eigenvalue weighted by Gasteiger charge is -2.36. The van der Waals surface area contributed by atoms with Gasteiger partial charge in [0.25, 0.3) is 0 Å². The van der Waals surface area contributed by atoms with Gasteiger partial charge in [0.05, 0.1) is 27.8 Å². The Labute approximate surface area is 515 Å². The normalized spacial score (nSPS) is 11.9. The minimum atomic E-state index is -3.22. The summed E-state index contributed by atoms with van der Waals surface area (Å²) in [5.41, 5.74) is 13.9. The van der Waals surface area contributed by atoms with Crippen molar-refractivity contribution in [1.29, 1.82) is 0 Å². The predicted octanol–water partition coefficient (Wildman–Crippen LogP) is 15.6. The zero-order valence-corrected chi connectivity index (χ0v) is 50.5. The van der Waals surface area contributed by atoms with Crippen molar-refractivity contribution in [2.24, 2.45) is 0 Å². The fourth-order valence-corrected chi connectivity index (χ4v) is 24.2. The quantitative estimate of drug-likeness (QED) is 0.0804. The maximum Gasteiger partial charge on any atom is 0.179 e. The van der Waals surface area contributed by atoms with Crippen molar-refractivity contribution in [2.45, 2.75) is 0 Å². The molecule has 0 aliphatic rings. The van der Waals surface area contributed by atoms with E-state index in [0.717, 1.165) is 44.7 Å². The second kappa shape index (κ2) is 22.2. The van der Waals surface area contributed by atoms with Crippen molar-refractivity contribution in [3.63, 3.8) is 0 Å².